The Labute approximate surface area is 161 Å². The van der Waals surface area contributed by atoms with Crippen LogP contribution in [0.5, 0.6) is 0 Å². The Bertz CT molecular complexity index is 857. The standard InChI is InChI=1S/C22H28N4O/c1-5-18(10-7-17(4)13-14-24-22(23)27)21-15-19(6-2)25-26(21)20-11-8-16(3)9-12-20/h5,7-12,15H,1,6,13-14H2,2-4H3,(H3,23,24,27)/b17-7+,18-10+. The number of hydrogen-bond donors (Lipinski definition) is 2. The second-order valence-electron chi connectivity index (χ2n) is 6.50. The number of allylic oxidation sites excluding steroid dienone is 4. The monoisotopic (exact) mass is 364 g/mol. The van der Waals surface area contributed by atoms with Gasteiger partial charge >= 0.3 is 6.03 Å². The van der Waals surface area contributed by atoms with Gasteiger partial charge in [0.15, 0.2) is 0 Å². The number of carbonyl (C=O) groups excluding carboxylic acids is 1. The summed E-state index contributed by atoms with van der Waals surface area (Å²) in [6.45, 7) is 10.7. The maximum atomic E-state index is 10.8. The molecule has 0 radical (unpaired) electrons. The molecule has 2 amide bonds. The van der Waals surface area contributed by atoms with Gasteiger partial charge < -0.3 is 11.1 Å². The summed E-state index contributed by atoms with van der Waals surface area (Å²) in [4.78, 5) is 10.8. The molecule has 0 unspecified atom stereocenters. The van der Waals surface area contributed by atoms with Crippen molar-refractivity contribution in [3.63, 3.8) is 0 Å². The first kappa shape index (κ1) is 20.2. The Morgan fingerprint density at radius 1 is 1.30 bits per heavy atom. The van der Waals surface area contributed by atoms with Gasteiger partial charge in [-0.2, -0.15) is 5.10 Å². The zero-order valence-corrected chi connectivity index (χ0v) is 16.3. The summed E-state index contributed by atoms with van der Waals surface area (Å²) >= 11 is 0. The van der Waals surface area contributed by atoms with Gasteiger partial charge in [0.2, 0.25) is 0 Å². The zero-order chi connectivity index (χ0) is 19.8. The molecule has 0 saturated heterocycles. The Morgan fingerprint density at radius 3 is 2.59 bits per heavy atom. The molecule has 0 spiro atoms. The molecule has 27 heavy (non-hydrogen) atoms. The first-order valence-electron chi connectivity index (χ1n) is 9.14. The number of nitrogens with two attached hydrogens (primary N) is 1. The van der Waals surface area contributed by atoms with E-state index in [1.54, 1.807) is 0 Å². The number of amides is 2. The minimum atomic E-state index is -0.501. The predicted octanol–water partition coefficient (Wildman–Crippen LogP) is 4.32. The summed E-state index contributed by atoms with van der Waals surface area (Å²) in [6, 6.07) is 9.91. The SMILES string of the molecule is C=C/C(=C\C=C(/C)CCNC(N)=O)c1cc(CC)nn1-c1ccc(C)cc1. The second kappa shape index (κ2) is 9.57. The maximum absolute atomic E-state index is 10.8. The van der Waals surface area contributed by atoms with Crippen molar-refractivity contribution in [1.29, 1.82) is 0 Å². The fourth-order valence-corrected chi connectivity index (χ4v) is 2.65. The molecular formula is C22H28N4O. The van der Waals surface area contributed by atoms with E-state index in [0.717, 1.165) is 41.1 Å². The Kier molecular flexibility index (Phi) is 7.17. The number of aryl methyl sites for hydroxylation is 2. The Morgan fingerprint density at radius 2 is 2.00 bits per heavy atom. The van der Waals surface area contributed by atoms with Crippen molar-refractivity contribution in [2.24, 2.45) is 5.73 Å². The molecule has 5 nitrogen and oxygen atoms in total. The lowest BCUT2D eigenvalue weighted by Crippen LogP contribution is -2.30. The highest BCUT2D eigenvalue weighted by molar-refractivity contribution is 5.74. The molecule has 142 valence electrons. The number of nitrogens with zero attached hydrogens (tertiary/aromatic N) is 2. The summed E-state index contributed by atoms with van der Waals surface area (Å²) in [5.74, 6) is 0. The van der Waals surface area contributed by atoms with Gasteiger partial charge in [0, 0.05) is 6.54 Å². The highest BCUT2D eigenvalue weighted by atomic mass is 16.2. The highest BCUT2D eigenvalue weighted by Crippen LogP contribution is 2.22. The third-order valence-corrected chi connectivity index (χ3v) is 4.28. The lowest BCUT2D eigenvalue weighted by Gasteiger charge is -2.08. The van der Waals surface area contributed by atoms with E-state index < -0.39 is 6.03 Å². The van der Waals surface area contributed by atoms with E-state index in [4.69, 9.17) is 10.8 Å². The van der Waals surface area contributed by atoms with Crippen LogP contribution < -0.4 is 11.1 Å². The number of urea groups is 1. The molecule has 2 rings (SSSR count). The molecule has 0 saturated carbocycles. The number of aromatic nitrogens is 2. The van der Waals surface area contributed by atoms with E-state index in [9.17, 15) is 4.79 Å². The average molecular weight is 364 g/mol. The van der Waals surface area contributed by atoms with Crippen LogP contribution in [-0.4, -0.2) is 22.4 Å². The van der Waals surface area contributed by atoms with Crippen LogP contribution >= 0.6 is 0 Å². The topological polar surface area (TPSA) is 72.9 Å². The van der Waals surface area contributed by atoms with E-state index in [1.807, 2.05) is 29.8 Å². The van der Waals surface area contributed by atoms with Crippen molar-refractivity contribution in [2.75, 3.05) is 6.54 Å². The highest BCUT2D eigenvalue weighted by Gasteiger charge is 2.11. The van der Waals surface area contributed by atoms with Gasteiger partial charge in [0.05, 0.1) is 17.1 Å². The van der Waals surface area contributed by atoms with Crippen LogP contribution in [0.3, 0.4) is 0 Å². The summed E-state index contributed by atoms with van der Waals surface area (Å²) in [7, 11) is 0. The first-order valence-corrected chi connectivity index (χ1v) is 9.14. The van der Waals surface area contributed by atoms with Gasteiger partial charge in [-0.3, -0.25) is 0 Å². The normalized spacial score (nSPS) is 12.1. The van der Waals surface area contributed by atoms with Gasteiger partial charge in [-0.1, -0.05) is 55.0 Å². The van der Waals surface area contributed by atoms with E-state index >= 15 is 0 Å². The van der Waals surface area contributed by atoms with Gasteiger partial charge in [0.25, 0.3) is 0 Å². The molecule has 0 atom stereocenters. The van der Waals surface area contributed by atoms with Gasteiger partial charge in [0.1, 0.15) is 0 Å². The van der Waals surface area contributed by atoms with Crippen LogP contribution in [0.15, 0.2) is 60.7 Å². The molecule has 1 heterocycles. The fraction of sp³-hybridized carbons (Fsp3) is 0.273. The largest absolute Gasteiger partial charge is 0.352 e. The molecule has 1 aromatic carbocycles. The second-order valence-corrected chi connectivity index (χ2v) is 6.50. The van der Waals surface area contributed by atoms with Crippen molar-refractivity contribution in [1.82, 2.24) is 15.1 Å². The van der Waals surface area contributed by atoms with E-state index in [-0.39, 0.29) is 0 Å². The van der Waals surface area contributed by atoms with E-state index in [1.165, 1.54) is 5.56 Å². The number of rotatable bonds is 8. The number of nitrogens with one attached hydrogen (secondary N) is 1. The van der Waals surface area contributed by atoms with Crippen molar-refractivity contribution < 1.29 is 4.79 Å². The summed E-state index contributed by atoms with van der Waals surface area (Å²) in [6.07, 6.45) is 7.52. The quantitative estimate of drug-likeness (QED) is 0.685. The molecule has 3 N–H and O–H groups in total. The molecular weight excluding hydrogens is 336 g/mol. The number of carbonyl (C=O) groups is 1. The summed E-state index contributed by atoms with van der Waals surface area (Å²) < 4.78 is 1.96. The van der Waals surface area contributed by atoms with Crippen LogP contribution in [0.2, 0.25) is 0 Å². The van der Waals surface area contributed by atoms with Gasteiger partial charge in [-0.15, -0.1) is 0 Å². The maximum Gasteiger partial charge on any atom is 0.312 e. The minimum absolute atomic E-state index is 0.501. The van der Waals surface area contributed by atoms with Gasteiger partial charge in [-0.05, 0) is 50.5 Å². The minimum Gasteiger partial charge on any atom is -0.352 e. The van der Waals surface area contributed by atoms with Crippen LogP contribution in [0.25, 0.3) is 11.3 Å². The number of hydrogen-bond acceptors (Lipinski definition) is 2. The predicted molar refractivity (Wildman–Crippen MR) is 112 cm³/mol. The van der Waals surface area contributed by atoms with Crippen LogP contribution in [0.1, 0.15) is 37.2 Å². The van der Waals surface area contributed by atoms with Crippen molar-refractivity contribution in [3.05, 3.63) is 77.7 Å². The molecule has 0 aliphatic heterocycles. The molecule has 0 fully saturated rings. The van der Waals surface area contributed by atoms with Gasteiger partial charge in [-0.25, -0.2) is 9.48 Å². The third kappa shape index (κ3) is 5.71. The van der Waals surface area contributed by atoms with Crippen molar-refractivity contribution in [2.45, 2.75) is 33.6 Å². The molecule has 0 aliphatic rings. The number of benzene rings is 1. The molecule has 2 aromatic rings. The third-order valence-electron chi connectivity index (χ3n) is 4.28. The Hall–Kier alpha value is -3.08. The Balaban J connectivity index is 2.32. The van der Waals surface area contributed by atoms with Crippen LogP contribution in [0, 0.1) is 6.92 Å². The lowest BCUT2D eigenvalue weighted by atomic mass is 10.1. The summed E-state index contributed by atoms with van der Waals surface area (Å²) in [5, 5.41) is 7.34. The molecule has 0 bridgehead atoms. The van der Waals surface area contributed by atoms with Crippen LogP contribution in [-0.2, 0) is 6.42 Å². The molecule has 5 heteroatoms. The number of primary amides is 1. The van der Waals surface area contributed by atoms with E-state index in [0.29, 0.717) is 6.54 Å². The first-order chi connectivity index (χ1) is 12.9. The lowest BCUT2D eigenvalue weighted by molar-refractivity contribution is 0.249. The fourth-order valence-electron chi connectivity index (χ4n) is 2.65. The molecule has 1 aromatic heterocycles. The smallest absolute Gasteiger partial charge is 0.312 e. The van der Waals surface area contributed by atoms with Crippen LogP contribution in [0.4, 0.5) is 4.79 Å². The van der Waals surface area contributed by atoms with Crippen molar-refractivity contribution >= 4 is 11.6 Å². The summed E-state index contributed by atoms with van der Waals surface area (Å²) in [5.41, 5.74) is 11.5. The zero-order valence-electron chi connectivity index (χ0n) is 16.3. The molecule has 0 aliphatic carbocycles. The van der Waals surface area contributed by atoms with Crippen molar-refractivity contribution in [3.8, 4) is 5.69 Å². The average Bonchev–Trinajstić information content (AvgIpc) is 3.07. The van der Waals surface area contributed by atoms with E-state index in [2.05, 4.69) is 56.1 Å².